The third-order valence-corrected chi connectivity index (χ3v) is 2.97. The van der Waals surface area contributed by atoms with Gasteiger partial charge in [0.2, 0.25) is 5.91 Å². The van der Waals surface area contributed by atoms with Crippen LogP contribution < -0.4 is 10.6 Å². The molecule has 0 aromatic carbocycles. The van der Waals surface area contributed by atoms with E-state index in [9.17, 15) is 19.2 Å². The summed E-state index contributed by atoms with van der Waals surface area (Å²) in [6.45, 7) is 1.62. The van der Waals surface area contributed by atoms with Crippen molar-refractivity contribution in [3.8, 4) is 0 Å². The molecule has 0 bridgehead atoms. The van der Waals surface area contributed by atoms with Gasteiger partial charge in [0.05, 0.1) is 0 Å². The second-order valence-electron chi connectivity index (χ2n) is 4.30. The minimum Gasteiger partial charge on any atom is -0.480 e. The van der Waals surface area contributed by atoms with Crippen molar-refractivity contribution in [1.82, 2.24) is 15.5 Å². The Labute approximate surface area is 110 Å². The molecule has 4 amide bonds. The average Bonchev–Trinajstić information content (AvgIpc) is 2.36. The second-order valence-corrected chi connectivity index (χ2v) is 4.30. The molecule has 3 N–H and O–H groups in total. The molecule has 0 aromatic heterocycles. The summed E-state index contributed by atoms with van der Waals surface area (Å²) < 4.78 is 0. The van der Waals surface area contributed by atoms with Crippen LogP contribution in [0.4, 0.5) is 4.79 Å². The number of carboxylic acids is 1. The predicted octanol–water partition coefficient (Wildman–Crippen LogP) is -0.704. The van der Waals surface area contributed by atoms with Crippen molar-refractivity contribution < 1.29 is 24.3 Å². The Morgan fingerprint density at radius 1 is 1.47 bits per heavy atom. The van der Waals surface area contributed by atoms with Crippen molar-refractivity contribution in [2.45, 2.75) is 38.3 Å². The van der Waals surface area contributed by atoms with E-state index >= 15 is 0 Å². The number of likely N-dealkylation sites (tertiary alicyclic amines) is 1. The molecule has 1 rings (SSSR count). The van der Waals surface area contributed by atoms with Crippen molar-refractivity contribution in [3.63, 3.8) is 0 Å². The number of imide groups is 1. The number of nitrogens with one attached hydrogen (secondary N) is 2. The topological polar surface area (TPSA) is 116 Å². The minimum absolute atomic E-state index is 0.170. The molecule has 1 unspecified atom stereocenters. The Hall–Kier alpha value is -2.12. The first-order valence-electron chi connectivity index (χ1n) is 5.97. The molecule has 2 atom stereocenters. The van der Waals surface area contributed by atoms with E-state index in [4.69, 9.17) is 5.11 Å². The number of nitrogens with zero attached hydrogens (tertiary/aromatic N) is 1. The van der Waals surface area contributed by atoms with Gasteiger partial charge in [-0.1, -0.05) is 6.92 Å². The number of piperidine rings is 1. The summed E-state index contributed by atoms with van der Waals surface area (Å²) in [5.74, 6) is -1.92. The summed E-state index contributed by atoms with van der Waals surface area (Å²) >= 11 is 0. The Morgan fingerprint density at radius 2 is 2.11 bits per heavy atom. The highest BCUT2D eigenvalue weighted by Crippen LogP contribution is 2.11. The van der Waals surface area contributed by atoms with E-state index in [1.165, 1.54) is 7.05 Å². The molecule has 19 heavy (non-hydrogen) atoms. The van der Waals surface area contributed by atoms with E-state index in [1.807, 2.05) is 0 Å². The van der Waals surface area contributed by atoms with Crippen molar-refractivity contribution in [2.24, 2.45) is 0 Å². The van der Waals surface area contributed by atoms with Crippen molar-refractivity contribution in [1.29, 1.82) is 0 Å². The maximum atomic E-state index is 11.7. The lowest BCUT2D eigenvalue weighted by Gasteiger charge is -2.28. The van der Waals surface area contributed by atoms with E-state index < -0.39 is 30.0 Å². The summed E-state index contributed by atoms with van der Waals surface area (Å²) in [6, 6.07) is -2.53. The Morgan fingerprint density at radius 3 is 2.63 bits per heavy atom. The first-order valence-corrected chi connectivity index (χ1v) is 5.97. The van der Waals surface area contributed by atoms with Gasteiger partial charge in [0.1, 0.15) is 12.1 Å². The molecule has 1 fully saturated rings. The van der Waals surface area contributed by atoms with Gasteiger partial charge in [-0.2, -0.15) is 0 Å². The van der Waals surface area contributed by atoms with Crippen LogP contribution in [0.15, 0.2) is 0 Å². The molecule has 0 saturated carbocycles. The Balaban J connectivity index is 2.55. The summed E-state index contributed by atoms with van der Waals surface area (Å²) in [7, 11) is 1.35. The number of carboxylic acid groups (broad SMARTS) is 1. The maximum absolute atomic E-state index is 11.7. The van der Waals surface area contributed by atoms with E-state index in [1.54, 1.807) is 6.92 Å². The van der Waals surface area contributed by atoms with Crippen LogP contribution in [0.3, 0.4) is 0 Å². The molecule has 1 aliphatic heterocycles. The molecule has 1 aliphatic rings. The monoisotopic (exact) mass is 271 g/mol. The van der Waals surface area contributed by atoms with Gasteiger partial charge in [-0.3, -0.25) is 14.5 Å². The van der Waals surface area contributed by atoms with Gasteiger partial charge in [0.15, 0.2) is 0 Å². The molecule has 0 radical (unpaired) electrons. The number of carbonyl (C=O) groups is 4. The van der Waals surface area contributed by atoms with Crippen LogP contribution in [0.2, 0.25) is 0 Å². The fourth-order valence-electron chi connectivity index (χ4n) is 1.75. The van der Waals surface area contributed by atoms with Crippen LogP contribution in [0.5, 0.6) is 0 Å². The third-order valence-electron chi connectivity index (χ3n) is 2.97. The highest BCUT2D eigenvalue weighted by Gasteiger charge is 2.33. The lowest BCUT2D eigenvalue weighted by Crippen LogP contribution is -2.56. The normalized spacial score (nSPS) is 20.9. The van der Waals surface area contributed by atoms with Gasteiger partial charge < -0.3 is 15.7 Å². The molecular formula is C11H17N3O5. The number of likely N-dealkylation sites (N-methyl/N-ethyl adjacent to an activating group) is 1. The lowest BCUT2D eigenvalue weighted by molar-refractivity contribution is -0.147. The number of aliphatic carboxylic acids is 1. The standard InChI is InChI=1S/C11H17N3O5/c1-3-6(10(17)18)12-11(19)13-7-4-5-8(15)14(2)9(7)16/h6-7H,3-5H2,1-2H3,(H,17,18)(H2,12,13,19)/t6-,7?/m0/s1. The van der Waals surface area contributed by atoms with E-state index in [2.05, 4.69) is 10.6 Å². The smallest absolute Gasteiger partial charge is 0.326 e. The number of rotatable bonds is 4. The first-order chi connectivity index (χ1) is 8.86. The number of hydrogen-bond donors (Lipinski definition) is 3. The number of urea groups is 1. The summed E-state index contributed by atoms with van der Waals surface area (Å²) in [4.78, 5) is 46.2. The number of amides is 4. The zero-order chi connectivity index (χ0) is 14.6. The quantitative estimate of drug-likeness (QED) is 0.584. The van der Waals surface area contributed by atoms with E-state index in [-0.39, 0.29) is 25.2 Å². The highest BCUT2D eigenvalue weighted by molar-refractivity contribution is 6.01. The average molecular weight is 271 g/mol. The van der Waals surface area contributed by atoms with Gasteiger partial charge in [0.25, 0.3) is 5.91 Å². The molecule has 8 nitrogen and oxygen atoms in total. The Kier molecular flexibility index (Phi) is 4.85. The number of hydrogen-bond acceptors (Lipinski definition) is 4. The summed E-state index contributed by atoms with van der Waals surface area (Å²) in [5, 5.41) is 13.4. The minimum atomic E-state index is -1.14. The van der Waals surface area contributed by atoms with Crippen LogP contribution in [0, 0.1) is 0 Å². The third kappa shape index (κ3) is 3.67. The predicted molar refractivity (Wildman–Crippen MR) is 64.2 cm³/mol. The fourth-order valence-corrected chi connectivity index (χ4v) is 1.75. The van der Waals surface area contributed by atoms with Crippen molar-refractivity contribution in [3.05, 3.63) is 0 Å². The van der Waals surface area contributed by atoms with E-state index in [0.717, 1.165) is 4.90 Å². The van der Waals surface area contributed by atoms with E-state index in [0.29, 0.717) is 0 Å². The molecule has 1 saturated heterocycles. The van der Waals surface area contributed by atoms with Gasteiger partial charge in [0, 0.05) is 13.5 Å². The Bertz CT molecular complexity index is 409. The van der Waals surface area contributed by atoms with Crippen LogP contribution in [-0.4, -0.2) is 53.0 Å². The molecule has 106 valence electrons. The van der Waals surface area contributed by atoms with Crippen LogP contribution in [0.1, 0.15) is 26.2 Å². The zero-order valence-electron chi connectivity index (χ0n) is 10.8. The molecule has 8 heteroatoms. The molecular weight excluding hydrogens is 254 g/mol. The van der Waals surface area contributed by atoms with Gasteiger partial charge >= 0.3 is 12.0 Å². The van der Waals surface area contributed by atoms with Crippen molar-refractivity contribution in [2.75, 3.05) is 7.05 Å². The number of carbonyl (C=O) groups excluding carboxylic acids is 3. The highest BCUT2D eigenvalue weighted by atomic mass is 16.4. The van der Waals surface area contributed by atoms with Crippen molar-refractivity contribution >= 4 is 23.8 Å². The second kappa shape index (κ2) is 6.17. The molecule has 0 spiro atoms. The molecule has 0 aliphatic carbocycles. The fraction of sp³-hybridized carbons (Fsp3) is 0.636. The maximum Gasteiger partial charge on any atom is 0.326 e. The summed E-state index contributed by atoms with van der Waals surface area (Å²) in [6.07, 6.45) is 0.627. The summed E-state index contributed by atoms with van der Waals surface area (Å²) in [5.41, 5.74) is 0. The SMILES string of the molecule is CC[C@H](NC(=O)NC1CCC(=O)N(C)C1=O)C(=O)O. The van der Waals surface area contributed by atoms with Gasteiger partial charge in [-0.05, 0) is 12.8 Å². The largest absolute Gasteiger partial charge is 0.480 e. The van der Waals surface area contributed by atoms with Gasteiger partial charge in [-0.25, -0.2) is 9.59 Å². The van der Waals surface area contributed by atoms with Gasteiger partial charge in [-0.15, -0.1) is 0 Å². The van der Waals surface area contributed by atoms with Crippen LogP contribution in [0.25, 0.3) is 0 Å². The molecule has 0 aromatic rings. The first kappa shape index (κ1) is 14.9. The van der Waals surface area contributed by atoms with Crippen LogP contribution in [-0.2, 0) is 14.4 Å². The lowest BCUT2D eigenvalue weighted by atomic mass is 10.1. The zero-order valence-corrected chi connectivity index (χ0v) is 10.8. The van der Waals surface area contributed by atoms with Crippen LogP contribution >= 0.6 is 0 Å². The molecule has 1 heterocycles.